The van der Waals surface area contributed by atoms with Gasteiger partial charge in [-0.1, -0.05) is 60.4 Å². The Morgan fingerprint density at radius 2 is 1.66 bits per heavy atom. The molecule has 1 amide bonds. The molecule has 2 saturated heterocycles. The number of benzene rings is 2. The van der Waals surface area contributed by atoms with Gasteiger partial charge in [0.25, 0.3) is 11.5 Å². The molecule has 208 valence electrons. The van der Waals surface area contributed by atoms with Gasteiger partial charge < -0.3 is 9.80 Å². The second-order valence-corrected chi connectivity index (χ2v) is 11.7. The molecule has 4 aromatic rings. The predicted molar refractivity (Wildman–Crippen MR) is 167 cm³/mol. The second-order valence-electron chi connectivity index (χ2n) is 10.1. The van der Waals surface area contributed by atoms with Crippen molar-refractivity contribution in [2.45, 2.75) is 13.3 Å². The summed E-state index contributed by atoms with van der Waals surface area (Å²) in [5.74, 6) is 0.0908. The fourth-order valence-electron chi connectivity index (χ4n) is 5.21. The van der Waals surface area contributed by atoms with E-state index >= 15 is 0 Å². The van der Waals surface area contributed by atoms with E-state index in [4.69, 9.17) is 17.2 Å². The standard InChI is InChI=1S/C31H28FN5O2S2/c1-21-6-5-14-36-27(21)33-28(35-18-16-34(17-19-35)24-11-9-23(32)10-12-24)25(29(36)38)20-26-30(39)37(31(40)41-26)15-13-22-7-3-2-4-8-22/h2-12,14,20H,13,15-19H2,1H3. The number of nitrogens with zero attached hydrogens (tertiary/aromatic N) is 5. The van der Waals surface area contributed by atoms with Crippen LogP contribution in [-0.2, 0) is 11.2 Å². The molecule has 4 heterocycles. The monoisotopic (exact) mass is 585 g/mol. The summed E-state index contributed by atoms with van der Waals surface area (Å²) in [6.45, 7) is 4.99. The van der Waals surface area contributed by atoms with Crippen LogP contribution in [0.3, 0.4) is 0 Å². The lowest BCUT2D eigenvalue weighted by molar-refractivity contribution is -0.122. The van der Waals surface area contributed by atoms with Gasteiger partial charge in [-0.05, 0) is 60.9 Å². The third kappa shape index (κ3) is 5.49. The third-order valence-electron chi connectivity index (χ3n) is 7.45. The number of piperazine rings is 1. The van der Waals surface area contributed by atoms with Crippen molar-refractivity contribution in [1.82, 2.24) is 14.3 Å². The first kappa shape index (κ1) is 27.2. The summed E-state index contributed by atoms with van der Waals surface area (Å²) < 4.78 is 15.5. The van der Waals surface area contributed by atoms with Crippen LogP contribution in [0.25, 0.3) is 11.7 Å². The van der Waals surface area contributed by atoms with Gasteiger partial charge in [0, 0.05) is 44.6 Å². The van der Waals surface area contributed by atoms with Gasteiger partial charge in [0.15, 0.2) is 0 Å². The molecule has 2 aliphatic rings. The van der Waals surface area contributed by atoms with E-state index < -0.39 is 0 Å². The van der Waals surface area contributed by atoms with Gasteiger partial charge in [0.05, 0.1) is 10.5 Å². The Morgan fingerprint density at radius 1 is 0.951 bits per heavy atom. The Hall–Kier alpha value is -4.02. The highest BCUT2D eigenvalue weighted by Gasteiger charge is 2.33. The van der Waals surface area contributed by atoms with Crippen LogP contribution < -0.4 is 15.4 Å². The Morgan fingerprint density at radius 3 is 2.39 bits per heavy atom. The van der Waals surface area contributed by atoms with E-state index in [1.165, 1.54) is 28.3 Å². The van der Waals surface area contributed by atoms with E-state index in [1.807, 2.05) is 49.4 Å². The number of halogens is 1. The Bertz CT molecular complexity index is 1710. The summed E-state index contributed by atoms with van der Waals surface area (Å²) >= 11 is 6.79. The van der Waals surface area contributed by atoms with E-state index in [9.17, 15) is 14.0 Å². The maximum atomic E-state index is 13.9. The van der Waals surface area contributed by atoms with Crippen LogP contribution in [0, 0.1) is 12.7 Å². The SMILES string of the molecule is Cc1cccn2c(=O)c(C=C3SC(=S)N(CCc4ccccc4)C3=O)c(N3CCN(c4ccc(F)cc4)CC3)nc12. The van der Waals surface area contributed by atoms with Crippen LogP contribution in [0.1, 0.15) is 16.7 Å². The zero-order valence-corrected chi connectivity index (χ0v) is 24.1. The van der Waals surface area contributed by atoms with Crippen LogP contribution in [0.2, 0.25) is 0 Å². The summed E-state index contributed by atoms with van der Waals surface area (Å²) in [6.07, 6.45) is 4.05. The number of amides is 1. The highest BCUT2D eigenvalue weighted by Crippen LogP contribution is 2.34. The number of thioether (sulfide) groups is 1. The van der Waals surface area contributed by atoms with Gasteiger partial charge in [-0.3, -0.25) is 18.9 Å². The molecule has 0 N–H and O–H groups in total. The molecule has 0 saturated carbocycles. The number of hydrogen-bond donors (Lipinski definition) is 0. The maximum Gasteiger partial charge on any atom is 0.267 e. The molecule has 10 heteroatoms. The number of thiocarbonyl (C=S) groups is 1. The number of carbonyl (C=O) groups is 1. The predicted octanol–water partition coefficient (Wildman–Crippen LogP) is 4.91. The summed E-state index contributed by atoms with van der Waals surface area (Å²) in [7, 11) is 0. The fourth-order valence-corrected chi connectivity index (χ4v) is 6.50. The lowest BCUT2D eigenvalue weighted by atomic mass is 10.1. The number of aryl methyl sites for hydroxylation is 1. The van der Waals surface area contributed by atoms with E-state index in [-0.39, 0.29) is 17.3 Å². The summed E-state index contributed by atoms with van der Waals surface area (Å²) in [5, 5.41) is 0. The summed E-state index contributed by atoms with van der Waals surface area (Å²) in [4.78, 5) is 38.6. The average Bonchev–Trinajstić information content (AvgIpc) is 3.26. The molecule has 0 atom stereocenters. The Kier molecular flexibility index (Phi) is 7.59. The van der Waals surface area contributed by atoms with Crippen molar-refractivity contribution in [3.05, 3.63) is 111 Å². The molecule has 0 radical (unpaired) electrons. The number of fused-ring (bicyclic) bond motifs is 1. The van der Waals surface area contributed by atoms with Gasteiger partial charge in [-0.15, -0.1) is 0 Å². The molecule has 0 aliphatic carbocycles. The molecule has 0 unspecified atom stereocenters. The van der Waals surface area contributed by atoms with Crippen LogP contribution >= 0.6 is 24.0 Å². The summed E-state index contributed by atoms with van der Waals surface area (Å²) in [5.41, 5.74) is 3.68. The number of hydrogen-bond acceptors (Lipinski definition) is 7. The number of anilines is 2. The van der Waals surface area contributed by atoms with Crippen molar-refractivity contribution in [3.63, 3.8) is 0 Å². The minimum Gasteiger partial charge on any atom is -0.368 e. The Balaban J connectivity index is 1.32. The molecule has 2 aromatic heterocycles. The van der Waals surface area contributed by atoms with Crippen molar-refractivity contribution >= 4 is 57.4 Å². The van der Waals surface area contributed by atoms with Gasteiger partial charge in [0.1, 0.15) is 21.6 Å². The Labute approximate surface area is 246 Å². The normalized spacial score (nSPS) is 16.8. The number of aromatic nitrogens is 2. The molecule has 2 aromatic carbocycles. The minimum absolute atomic E-state index is 0.197. The van der Waals surface area contributed by atoms with Gasteiger partial charge in [-0.2, -0.15) is 0 Å². The lowest BCUT2D eigenvalue weighted by Gasteiger charge is -2.37. The molecule has 2 aliphatic heterocycles. The first-order valence-electron chi connectivity index (χ1n) is 13.5. The van der Waals surface area contributed by atoms with Crippen molar-refractivity contribution < 1.29 is 9.18 Å². The summed E-state index contributed by atoms with van der Waals surface area (Å²) in [6, 6.07) is 20.2. The maximum absolute atomic E-state index is 13.9. The average molecular weight is 586 g/mol. The van der Waals surface area contributed by atoms with Crippen LogP contribution in [0.15, 0.2) is 82.6 Å². The first-order valence-corrected chi connectivity index (χ1v) is 14.7. The van der Waals surface area contributed by atoms with E-state index in [0.29, 0.717) is 65.4 Å². The number of carbonyl (C=O) groups excluding carboxylic acids is 1. The van der Waals surface area contributed by atoms with Crippen LogP contribution in [-0.4, -0.2) is 57.2 Å². The highest BCUT2D eigenvalue weighted by atomic mass is 32.2. The van der Waals surface area contributed by atoms with Crippen molar-refractivity contribution in [3.8, 4) is 0 Å². The topological polar surface area (TPSA) is 61.2 Å². The van der Waals surface area contributed by atoms with Crippen LogP contribution in [0.5, 0.6) is 0 Å². The van der Waals surface area contributed by atoms with Gasteiger partial charge in [-0.25, -0.2) is 9.37 Å². The number of rotatable bonds is 6. The smallest absolute Gasteiger partial charge is 0.267 e. The molecule has 0 bridgehead atoms. The van der Waals surface area contributed by atoms with E-state index in [1.54, 1.807) is 29.3 Å². The van der Waals surface area contributed by atoms with Crippen molar-refractivity contribution in [2.75, 3.05) is 42.5 Å². The first-order chi connectivity index (χ1) is 19.9. The molecule has 0 spiro atoms. The quantitative estimate of drug-likeness (QED) is 0.235. The zero-order valence-electron chi connectivity index (χ0n) is 22.5. The fraction of sp³-hybridized carbons (Fsp3) is 0.226. The lowest BCUT2D eigenvalue weighted by Crippen LogP contribution is -2.47. The molecular formula is C31H28FN5O2S2. The van der Waals surface area contributed by atoms with E-state index in [2.05, 4.69) is 9.80 Å². The van der Waals surface area contributed by atoms with E-state index in [0.717, 1.165) is 16.8 Å². The highest BCUT2D eigenvalue weighted by molar-refractivity contribution is 8.26. The largest absolute Gasteiger partial charge is 0.368 e. The molecular weight excluding hydrogens is 558 g/mol. The number of pyridine rings is 1. The van der Waals surface area contributed by atoms with Gasteiger partial charge >= 0.3 is 0 Å². The molecule has 7 nitrogen and oxygen atoms in total. The minimum atomic E-state index is -0.265. The third-order valence-corrected chi connectivity index (χ3v) is 8.83. The van der Waals surface area contributed by atoms with Crippen molar-refractivity contribution in [1.29, 1.82) is 0 Å². The van der Waals surface area contributed by atoms with Crippen molar-refractivity contribution in [2.24, 2.45) is 0 Å². The molecule has 2 fully saturated rings. The second kappa shape index (κ2) is 11.5. The molecule has 6 rings (SSSR count). The zero-order chi connectivity index (χ0) is 28.5. The molecule has 41 heavy (non-hydrogen) atoms. The van der Waals surface area contributed by atoms with Crippen LogP contribution in [0.4, 0.5) is 15.9 Å². The van der Waals surface area contributed by atoms with Gasteiger partial charge in [0.2, 0.25) is 0 Å².